The number of aromatic nitrogens is 1. The van der Waals surface area contributed by atoms with Crippen molar-refractivity contribution >= 4 is 11.7 Å². The fourth-order valence-electron chi connectivity index (χ4n) is 1.83. The van der Waals surface area contributed by atoms with Gasteiger partial charge in [0.2, 0.25) is 0 Å². The molecule has 5 heteroatoms. The molecule has 0 atom stereocenters. The Balaban J connectivity index is 1.91. The van der Waals surface area contributed by atoms with Gasteiger partial charge in [0.25, 0.3) is 0 Å². The summed E-state index contributed by atoms with van der Waals surface area (Å²) in [5, 5.41) is 5.60. The summed E-state index contributed by atoms with van der Waals surface area (Å²) in [7, 11) is 0. The number of hydrogen-bond acceptors (Lipinski definition) is 3. The summed E-state index contributed by atoms with van der Waals surface area (Å²) in [6.07, 6.45) is 3.49. The number of urea groups is 1. The van der Waals surface area contributed by atoms with Crippen molar-refractivity contribution in [3.63, 3.8) is 0 Å². The number of nitrogens with zero attached hydrogens (tertiary/aromatic N) is 1. The minimum atomic E-state index is -0.240. The molecule has 4 N–H and O–H groups in total. The highest BCUT2D eigenvalue weighted by atomic mass is 16.2. The van der Waals surface area contributed by atoms with Gasteiger partial charge in [-0.1, -0.05) is 12.1 Å². The van der Waals surface area contributed by atoms with Gasteiger partial charge >= 0.3 is 6.03 Å². The van der Waals surface area contributed by atoms with Crippen LogP contribution in [0.5, 0.6) is 0 Å². The largest absolute Gasteiger partial charge is 0.334 e. The summed E-state index contributed by atoms with van der Waals surface area (Å²) in [6, 6.07) is 9.13. The molecule has 0 fully saturated rings. The van der Waals surface area contributed by atoms with Gasteiger partial charge in [0.15, 0.2) is 0 Å². The van der Waals surface area contributed by atoms with Crippen LogP contribution in [-0.4, -0.2) is 11.0 Å². The molecule has 1 aromatic carbocycles. The van der Waals surface area contributed by atoms with Gasteiger partial charge in [-0.15, -0.1) is 0 Å². The van der Waals surface area contributed by atoms with Crippen LogP contribution in [0.15, 0.2) is 42.7 Å². The molecule has 104 valence electrons. The molecule has 0 aliphatic rings. The van der Waals surface area contributed by atoms with Crippen LogP contribution in [-0.2, 0) is 13.1 Å². The highest BCUT2D eigenvalue weighted by Crippen LogP contribution is 2.10. The monoisotopic (exact) mass is 270 g/mol. The zero-order valence-corrected chi connectivity index (χ0v) is 11.4. The number of pyridine rings is 1. The molecule has 2 aromatic rings. The predicted molar refractivity (Wildman–Crippen MR) is 79.2 cm³/mol. The Labute approximate surface area is 118 Å². The smallest absolute Gasteiger partial charge is 0.319 e. The highest BCUT2D eigenvalue weighted by Gasteiger charge is 2.03. The van der Waals surface area contributed by atoms with E-state index in [-0.39, 0.29) is 6.03 Å². The van der Waals surface area contributed by atoms with Gasteiger partial charge in [-0.25, -0.2) is 4.79 Å². The van der Waals surface area contributed by atoms with E-state index >= 15 is 0 Å². The number of rotatable bonds is 4. The number of nitrogens with two attached hydrogens (primary N) is 1. The van der Waals surface area contributed by atoms with E-state index in [0.29, 0.717) is 13.1 Å². The highest BCUT2D eigenvalue weighted by molar-refractivity contribution is 5.89. The van der Waals surface area contributed by atoms with E-state index in [1.165, 1.54) is 0 Å². The molecule has 1 heterocycles. The second-order valence-electron chi connectivity index (χ2n) is 4.51. The Hall–Kier alpha value is -2.40. The summed E-state index contributed by atoms with van der Waals surface area (Å²) in [4.78, 5) is 15.8. The van der Waals surface area contributed by atoms with Crippen molar-refractivity contribution in [3.8, 4) is 0 Å². The molecule has 0 saturated carbocycles. The third-order valence-electron chi connectivity index (χ3n) is 3.00. The third kappa shape index (κ3) is 3.80. The van der Waals surface area contributed by atoms with Crippen LogP contribution in [0, 0.1) is 6.92 Å². The maximum Gasteiger partial charge on any atom is 0.319 e. The van der Waals surface area contributed by atoms with Crippen molar-refractivity contribution in [2.24, 2.45) is 5.73 Å². The van der Waals surface area contributed by atoms with Crippen molar-refractivity contribution in [1.82, 2.24) is 10.3 Å². The van der Waals surface area contributed by atoms with Crippen LogP contribution in [0.3, 0.4) is 0 Å². The van der Waals surface area contributed by atoms with Gasteiger partial charge in [0.1, 0.15) is 0 Å². The first-order valence-corrected chi connectivity index (χ1v) is 6.42. The number of carbonyl (C=O) groups excluding carboxylic acids is 1. The molecule has 20 heavy (non-hydrogen) atoms. The Morgan fingerprint density at radius 2 is 2.20 bits per heavy atom. The van der Waals surface area contributed by atoms with Crippen LogP contribution in [0.4, 0.5) is 10.5 Å². The quantitative estimate of drug-likeness (QED) is 0.796. The number of carbonyl (C=O) groups is 1. The summed E-state index contributed by atoms with van der Waals surface area (Å²) < 4.78 is 0. The molecule has 2 rings (SSSR count). The first-order valence-electron chi connectivity index (χ1n) is 6.42. The van der Waals surface area contributed by atoms with Gasteiger partial charge in [0, 0.05) is 31.2 Å². The summed E-state index contributed by atoms with van der Waals surface area (Å²) in [5.74, 6) is 0. The lowest BCUT2D eigenvalue weighted by Gasteiger charge is -2.09. The fourth-order valence-corrected chi connectivity index (χ4v) is 1.83. The van der Waals surface area contributed by atoms with Crippen molar-refractivity contribution < 1.29 is 4.79 Å². The van der Waals surface area contributed by atoms with E-state index in [1.807, 2.05) is 37.3 Å². The first kappa shape index (κ1) is 14.0. The van der Waals surface area contributed by atoms with E-state index in [4.69, 9.17) is 5.73 Å². The molecule has 2 amide bonds. The molecule has 0 radical (unpaired) electrons. The van der Waals surface area contributed by atoms with Crippen LogP contribution in [0.25, 0.3) is 0 Å². The average Bonchev–Trinajstić information content (AvgIpc) is 2.46. The second kappa shape index (κ2) is 6.68. The van der Waals surface area contributed by atoms with Gasteiger partial charge in [-0.05, 0) is 41.8 Å². The lowest BCUT2D eigenvalue weighted by molar-refractivity contribution is 0.251. The maximum atomic E-state index is 11.8. The number of benzene rings is 1. The van der Waals surface area contributed by atoms with Crippen molar-refractivity contribution in [2.45, 2.75) is 20.0 Å². The molecule has 0 aliphatic carbocycles. The number of amides is 2. The average molecular weight is 270 g/mol. The first-order chi connectivity index (χ1) is 9.69. The molecule has 5 nitrogen and oxygen atoms in total. The lowest BCUT2D eigenvalue weighted by atomic mass is 10.1. The Morgan fingerprint density at radius 3 is 2.95 bits per heavy atom. The maximum absolute atomic E-state index is 11.8. The van der Waals surface area contributed by atoms with Crippen molar-refractivity contribution in [2.75, 3.05) is 5.32 Å². The zero-order valence-electron chi connectivity index (χ0n) is 11.4. The topological polar surface area (TPSA) is 80.0 Å². The van der Waals surface area contributed by atoms with Crippen molar-refractivity contribution in [3.05, 3.63) is 59.4 Å². The van der Waals surface area contributed by atoms with Gasteiger partial charge < -0.3 is 16.4 Å². The Morgan fingerprint density at radius 1 is 1.35 bits per heavy atom. The number of nitrogens with one attached hydrogen (secondary N) is 2. The number of hydrogen-bond donors (Lipinski definition) is 3. The van der Waals surface area contributed by atoms with Gasteiger partial charge in [-0.2, -0.15) is 0 Å². The third-order valence-corrected chi connectivity index (χ3v) is 3.00. The summed E-state index contributed by atoms with van der Waals surface area (Å²) in [5.41, 5.74) is 9.38. The number of aryl methyl sites for hydroxylation is 1. The van der Waals surface area contributed by atoms with Crippen LogP contribution < -0.4 is 16.4 Å². The minimum Gasteiger partial charge on any atom is -0.334 e. The normalized spacial score (nSPS) is 10.1. The van der Waals surface area contributed by atoms with E-state index in [0.717, 1.165) is 22.4 Å². The fraction of sp³-hybridized carbons (Fsp3) is 0.200. The van der Waals surface area contributed by atoms with E-state index in [9.17, 15) is 4.79 Å². The van der Waals surface area contributed by atoms with Gasteiger partial charge in [-0.3, -0.25) is 4.98 Å². The molecule has 0 spiro atoms. The van der Waals surface area contributed by atoms with E-state index < -0.39 is 0 Å². The predicted octanol–water partition coefficient (Wildman–Crippen LogP) is 2.17. The lowest BCUT2D eigenvalue weighted by Crippen LogP contribution is -2.28. The van der Waals surface area contributed by atoms with Crippen LogP contribution >= 0.6 is 0 Å². The van der Waals surface area contributed by atoms with Gasteiger partial charge in [0.05, 0.1) is 0 Å². The molecule has 0 unspecified atom stereocenters. The number of anilines is 1. The van der Waals surface area contributed by atoms with Crippen LogP contribution in [0.2, 0.25) is 0 Å². The molecule has 0 saturated heterocycles. The van der Waals surface area contributed by atoms with E-state index in [1.54, 1.807) is 12.4 Å². The van der Waals surface area contributed by atoms with E-state index in [2.05, 4.69) is 15.6 Å². The second-order valence-corrected chi connectivity index (χ2v) is 4.51. The summed E-state index contributed by atoms with van der Waals surface area (Å²) in [6.45, 7) is 2.89. The Bertz CT molecular complexity index is 598. The SMILES string of the molecule is Cc1cnccc1CNC(=O)Nc1cccc(CN)c1. The molecule has 0 aliphatic heterocycles. The minimum absolute atomic E-state index is 0.240. The summed E-state index contributed by atoms with van der Waals surface area (Å²) >= 11 is 0. The molecule has 0 bridgehead atoms. The standard InChI is InChI=1S/C15H18N4O/c1-11-9-17-6-5-13(11)10-18-15(20)19-14-4-2-3-12(7-14)8-16/h2-7,9H,8,10,16H2,1H3,(H2,18,19,20). The molecular formula is C15H18N4O. The zero-order chi connectivity index (χ0) is 14.4. The Kier molecular flexibility index (Phi) is 4.68. The molecular weight excluding hydrogens is 252 g/mol. The van der Waals surface area contributed by atoms with Crippen molar-refractivity contribution in [1.29, 1.82) is 0 Å². The van der Waals surface area contributed by atoms with Crippen LogP contribution in [0.1, 0.15) is 16.7 Å². The molecule has 1 aromatic heterocycles.